The van der Waals surface area contributed by atoms with Gasteiger partial charge >= 0.3 is 0 Å². The summed E-state index contributed by atoms with van der Waals surface area (Å²) in [5, 5.41) is 12.9. The number of epoxide rings is 1. The molecule has 1 heterocycles. The number of rotatable bonds is 6. The van der Waals surface area contributed by atoms with Crippen molar-refractivity contribution in [3.05, 3.63) is 12.7 Å². The third-order valence-electron chi connectivity index (χ3n) is 2.10. The zero-order chi connectivity index (χ0) is 9.90. The third kappa shape index (κ3) is 3.10. The van der Waals surface area contributed by atoms with E-state index < -0.39 is 5.79 Å². The molecule has 0 aromatic rings. The molecule has 3 nitrogen and oxygen atoms in total. The summed E-state index contributed by atoms with van der Waals surface area (Å²) in [6, 6.07) is 0. The summed E-state index contributed by atoms with van der Waals surface area (Å²) in [7, 11) is 0. The van der Waals surface area contributed by atoms with E-state index in [-0.39, 0.29) is 6.10 Å². The molecule has 0 aliphatic carbocycles. The lowest BCUT2D eigenvalue weighted by molar-refractivity contribution is 0.0365. The van der Waals surface area contributed by atoms with Crippen LogP contribution in [0.1, 0.15) is 20.3 Å². The predicted molar refractivity (Wildman–Crippen MR) is 52.3 cm³/mol. The van der Waals surface area contributed by atoms with Crippen molar-refractivity contribution in [1.82, 2.24) is 5.32 Å². The van der Waals surface area contributed by atoms with Gasteiger partial charge in [0.1, 0.15) is 6.10 Å². The van der Waals surface area contributed by atoms with E-state index in [0.29, 0.717) is 12.5 Å². The smallest absolute Gasteiger partial charge is 0.206 e. The summed E-state index contributed by atoms with van der Waals surface area (Å²) in [4.78, 5) is 0. The van der Waals surface area contributed by atoms with Gasteiger partial charge in [0.2, 0.25) is 5.79 Å². The van der Waals surface area contributed by atoms with E-state index in [1.54, 1.807) is 6.08 Å². The van der Waals surface area contributed by atoms with Gasteiger partial charge in [-0.05, 0) is 18.9 Å². The van der Waals surface area contributed by atoms with Crippen LogP contribution in [0.25, 0.3) is 0 Å². The predicted octanol–water partition coefficient (Wildman–Crippen LogP) is 0.895. The van der Waals surface area contributed by atoms with Gasteiger partial charge in [0, 0.05) is 0 Å². The second-order valence-electron chi connectivity index (χ2n) is 4.00. The van der Waals surface area contributed by atoms with E-state index in [9.17, 15) is 5.11 Å². The minimum atomic E-state index is -0.928. The quantitative estimate of drug-likeness (QED) is 0.477. The molecule has 0 aromatic heterocycles. The average molecular weight is 185 g/mol. The molecule has 0 bridgehead atoms. The van der Waals surface area contributed by atoms with Crippen LogP contribution in [0, 0.1) is 5.92 Å². The Morgan fingerprint density at radius 3 is 2.92 bits per heavy atom. The van der Waals surface area contributed by atoms with Gasteiger partial charge in [-0.25, -0.2) is 0 Å². The van der Waals surface area contributed by atoms with Crippen molar-refractivity contribution in [3.8, 4) is 0 Å². The fraction of sp³-hybridized carbons (Fsp3) is 0.800. The van der Waals surface area contributed by atoms with Crippen molar-refractivity contribution in [2.75, 3.05) is 13.1 Å². The monoisotopic (exact) mass is 185 g/mol. The third-order valence-corrected chi connectivity index (χ3v) is 2.10. The van der Waals surface area contributed by atoms with E-state index in [4.69, 9.17) is 4.74 Å². The lowest BCUT2D eigenvalue weighted by Gasteiger charge is -2.09. The highest BCUT2D eigenvalue weighted by molar-refractivity contribution is 4.98. The van der Waals surface area contributed by atoms with Gasteiger partial charge in [-0.2, -0.15) is 0 Å². The van der Waals surface area contributed by atoms with Crippen LogP contribution in [0.4, 0.5) is 0 Å². The highest BCUT2D eigenvalue weighted by atomic mass is 16.7. The molecule has 3 heteroatoms. The molecule has 76 valence electrons. The Hall–Kier alpha value is -0.380. The first-order valence-corrected chi connectivity index (χ1v) is 4.80. The van der Waals surface area contributed by atoms with Crippen LogP contribution in [0.15, 0.2) is 12.7 Å². The fourth-order valence-corrected chi connectivity index (χ4v) is 1.29. The maximum atomic E-state index is 9.70. The number of aliphatic hydroxyl groups is 1. The number of hydrogen-bond acceptors (Lipinski definition) is 3. The van der Waals surface area contributed by atoms with Crippen LogP contribution in [0.2, 0.25) is 0 Å². The first kappa shape index (κ1) is 10.7. The largest absolute Gasteiger partial charge is 0.362 e. The van der Waals surface area contributed by atoms with E-state index >= 15 is 0 Å². The van der Waals surface area contributed by atoms with Crippen LogP contribution >= 0.6 is 0 Å². The molecule has 1 fully saturated rings. The van der Waals surface area contributed by atoms with E-state index in [2.05, 4.69) is 25.7 Å². The summed E-state index contributed by atoms with van der Waals surface area (Å²) in [5.74, 6) is -0.330. The average Bonchev–Trinajstić information content (AvgIpc) is 2.62. The SMILES string of the molecule is C=CCC1OC1(O)CNCC(C)C. The van der Waals surface area contributed by atoms with Crippen LogP contribution < -0.4 is 5.32 Å². The molecule has 0 radical (unpaired) electrons. The Kier molecular flexibility index (Phi) is 3.47. The zero-order valence-corrected chi connectivity index (χ0v) is 8.42. The van der Waals surface area contributed by atoms with Gasteiger partial charge in [-0.1, -0.05) is 19.9 Å². The van der Waals surface area contributed by atoms with E-state index in [1.807, 2.05) is 0 Å². The zero-order valence-electron chi connectivity index (χ0n) is 8.42. The van der Waals surface area contributed by atoms with E-state index in [0.717, 1.165) is 13.0 Å². The van der Waals surface area contributed by atoms with Crippen LogP contribution in [-0.2, 0) is 4.74 Å². The van der Waals surface area contributed by atoms with Gasteiger partial charge in [-0.3, -0.25) is 0 Å². The minimum absolute atomic E-state index is 0.0512. The topological polar surface area (TPSA) is 44.8 Å². The number of ether oxygens (including phenoxy) is 1. The summed E-state index contributed by atoms with van der Waals surface area (Å²) in [6.45, 7) is 9.29. The summed E-state index contributed by atoms with van der Waals surface area (Å²) >= 11 is 0. The van der Waals surface area contributed by atoms with Gasteiger partial charge in [0.25, 0.3) is 0 Å². The molecule has 0 spiro atoms. The molecule has 0 aromatic carbocycles. The molecule has 1 rings (SSSR count). The maximum Gasteiger partial charge on any atom is 0.206 e. The molecule has 13 heavy (non-hydrogen) atoms. The van der Waals surface area contributed by atoms with Gasteiger partial charge in [0.15, 0.2) is 0 Å². The Bertz CT molecular complexity index is 182. The van der Waals surface area contributed by atoms with Gasteiger partial charge < -0.3 is 15.2 Å². The second-order valence-corrected chi connectivity index (χ2v) is 4.00. The molecule has 1 aliphatic heterocycles. The normalized spacial score (nSPS) is 32.2. The molecule has 2 atom stereocenters. The Labute approximate surface area is 79.8 Å². The van der Waals surface area contributed by atoms with Crippen molar-refractivity contribution in [2.45, 2.75) is 32.2 Å². The van der Waals surface area contributed by atoms with Crippen molar-refractivity contribution in [1.29, 1.82) is 0 Å². The highest BCUT2D eigenvalue weighted by Gasteiger charge is 2.53. The van der Waals surface area contributed by atoms with Crippen molar-refractivity contribution < 1.29 is 9.84 Å². The fourth-order valence-electron chi connectivity index (χ4n) is 1.29. The van der Waals surface area contributed by atoms with Crippen molar-refractivity contribution >= 4 is 0 Å². The Morgan fingerprint density at radius 2 is 2.38 bits per heavy atom. The molecular weight excluding hydrogens is 166 g/mol. The molecule has 2 N–H and O–H groups in total. The van der Waals surface area contributed by atoms with Crippen LogP contribution in [-0.4, -0.2) is 30.1 Å². The van der Waals surface area contributed by atoms with Crippen LogP contribution in [0.5, 0.6) is 0 Å². The lowest BCUT2D eigenvalue weighted by Crippen LogP contribution is -2.33. The molecule has 0 saturated carbocycles. The van der Waals surface area contributed by atoms with Crippen LogP contribution in [0.3, 0.4) is 0 Å². The number of nitrogens with one attached hydrogen (secondary N) is 1. The Balaban J connectivity index is 2.12. The summed E-state index contributed by atoms with van der Waals surface area (Å²) in [6.07, 6.45) is 2.44. The van der Waals surface area contributed by atoms with Gasteiger partial charge in [-0.15, -0.1) is 6.58 Å². The molecular formula is C10H19NO2. The maximum absolute atomic E-state index is 9.70. The summed E-state index contributed by atoms with van der Waals surface area (Å²) in [5.41, 5.74) is 0. The molecule has 1 saturated heterocycles. The highest BCUT2D eigenvalue weighted by Crippen LogP contribution is 2.35. The van der Waals surface area contributed by atoms with Crippen molar-refractivity contribution in [2.24, 2.45) is 5.92 Å². The first-order chi connectivity index (χ1) is 6.08. The standard InChI is InChI=1S/C10H19NO2/c1-4-5-9-10(12,13-9)7-11-6-8(2)3/h4,8-9,11-12H,1,5-7H2,2-3H3. The molecule has 1 aliphatic rings. The van der Waals surface area contributed by atoms with Gasteiger partial charge in [0.05, 0.1) is 6.54 Å². The first-order valence-electron chi connectivity index (χ1n) is 4.80. The van der Waals surface area contributed by atoms with Crippen molar-refractivity contribution in [3.63, 3.8) is 0 Å². The lowest BCUT2D eigenvalue weighted by atomic mass is 10.2. The second kappa shape index (κ2) is 4.22. The van der Waals surface area contributed by atoms with E-state index in [1.165, 1.54) is 0 Å². The Morgan fingerprint density at radius 1 is 1.69 bits per heavy atom. The minimum Gasteiger partial charge on any atom is -0.362 e. The molecule has 0 amide bonds. The number of hydrogen-bond donors (Lipinski definition) is 2. The molecule has 2 unspecified atom stereocenters. The summed E-state index contributed by atoms with van der Waals surface area (Å²) < 4.78 is 5.15.